The predicted octanol–water partition coefficient (Wildman–Crippen LogP) is 3.15. The minimum absolute atomic E-state index is 0.00134. The van der Waals surface area contributed by atoms with Gasteiger partial charge in [-0.25, -0.2) is 9.59 Å². The Morgan fingerprint density at radius 3 is 2.00 bits per heavy atom. The number of hydrogen-bond donors (Lipinski definition) is 4. The van der Waals surface area contributed by atoms with Crippen LogP contribution in [0, 0.1) is 0 Å². The lowest BCUT2D eigenvalue weighted by Gasteiger charge is -2.16. The SMILES string of the molecule is CC(=O)Nc1cc(NC(C)=O)c(Sc2ccccc2C(=O)O)c(C(=O)O)c1. The van der Waals surface area contributed by atoms with E-state index in [1.807, 2.05) is 0 Å². The van der Waals surface area contributed by atoms with E-state index in [4.69, 9.17) is 0 Å². The van der Waals surface area contributed by atoms with Gasteiger partial charge in [0.2, 0.25) is 11.8 Å². The summed E-state index contributed by atoms with van der Waals surface area (Å²) in [5.74, 6) is -3.30. The Labute approximate surface area is 158 Å². The molecule has 140 valence electrons. The number of nitrogens with one attached hydrogen (secondary N) is 2. The second kappa shape index (κ2) is 8.37. The molecule has 0 aliphatic carbocycles. The van der Waals surface area contributed by atoms with Crippen LogP contribution in [0.25, 0.3) is 0 Å². The first-order valence-electron chi connectivity index (χ1n) is 7.65. The fraction of sp³-hybridized carbons (Fsp3) is 0.111. The van der Waals surface area contributed by atoms with Gasteiger partial charge in [-0.3, -0.25) is 9.59 Å². The van der Waals surface area contributed by atoms with E-state index in [9.17, 15) is 29.4 Å². The number of anilines is 2. The molecule has 0 spiro atoms. The van der Waals surface area contributed by atoms with Crippen molar-refractivity contribution in [1.29, 1.82) is 0 Å². The van der Waals surface area contributed by atoms with Crippen molar-refractivity contribution in [1.82, 2.24) is 0 Å². The lowest BCUT2D eigenvalue weighted by Crippen LogP contribution is -2.13. The van der Waals surface area contributed by atoms with Gasteiger partial charge in [0.25, 0.3) is 0 Å². The molecule has 2 amide bonds. The normalized spacial score (nSPS) is 10.1. The van der Waals surface area contributed by atoms with E-state index in [0.29, 0.717) is 4.90 Å². The standard InChI is InChI=1S/C18H16N2O6S/c1-9(21)19-11-7-13(18(25)26)16(14(8-11)20-10(2)22)27-15-6-4-3-5-12(15)17(23)24/h3-8H,1-2H3,(H,19,21)(H,20,22)(H,23,24)(H,25,26). The second-order valence-corrected chi connectivity index (χ2v) is 6.52. The molecule has 0 saturated heterocycles. The third-order valence-corrected chi connectivity index (χ3v) is 4.50. The highest BCUT2D eigenvalue weighted by Crippen LogP contribution is 2.40. The molecule has 0 aliphatic rings. The molecule has 0 unspecified atom stereocenters. The van der Waals surface area contributed by atoms with E-state index >= 15 is 0 Å². The van der Waals surface area contributed by atoms with Crippen LogP contribution in [0.3, 0.4) is 0 Å². The molecular weight excluding hydrogens is 372 g/mol. The highest BCUT2D eigenvalue weighted by molar-refractivity contribution is 7.99. The summed E-state index contributed by atoms with van der Waals surface area (Å²) in [6.45, 7) is 2.52. The van der Waals surface area contributed by atoms with Crippen LogP contribution in [0.5, 0.6) is 0 Å². The van der Waals surface area contributed by atoms with Crippen LogP contribution < -0.4 is 10.6 Å². The van der Waals surface area contributed by atoms with Crippen molar-refractivity contribution in [3.8, 4) is 0 Å². The maximum Gasteiger partial charge on any atom is 0.336 e. The Hall–Kier alpha value is -3.33. The lowest BCUT2D eigenvalue weighted by molar-refractivity contribution is -0.115. The zero-order valence-corrected chi connectivity index (χ0v) is 15.2. The molecule has 2 aromatic rings. The number of carboxylic acids is 2. The first kappa shape index (κ1) is 20.0. The number of hydrogen-bond acceptors (Lipinski definition) is 5. The first-order valence-corrected chi connectivity index (χ1v) is 8.47. The van der Waals surface area contributed by atoms with Gasteiger partial charge in [0.15, 0.2) is 0 Å². The van der Waals surface area contributed by atoms with Crippen molar-refractivity contribution in [2.24, 2.45) is 0 Å². The number of carbonyl (C=O) groups excluding carboxylic acids is 2. The topological polar surface area (TPSA) is 133 Å². The smallest absolute Gasteiger partial charge is 0.336 e. The van der Waals surface area contributed by atoms with Crippen LogP contribution >= 0.6 is 11.8 Å². The molecule has 4 N–H and O–H groups in total. The van der Waals surface area contributed by atoms with Gasteiger partial charge < -0.3 is 20.8 Å². The minimum atomic E-state index is -1.29. The summed E-state index contributed by atoms with van der Waals surface area (Å²) >= 11 is 0.905. The molecule has 0 heterocycles. The largest absolute Gasteiger partial charge is 0.478 e. The quantitative estimate of drug-likeness (QED) is 0.597. The summed E-state index contributed by atoms with van der Waals surface area (Å²) in [4.78, 5) is 46.5. The Bertz CT molecular complexity index is 941. The van der Waals surface area contributed by atoms with Crippen LogP contribution in [-0.4, -0.2) is 34.0 Å². The number of amides is 2. The monoisotopic (exact) mass is 388 g/mol. The fourth-order valence-corrected chi connectivity index (χ4v) is 3.41. The highest BCUT2D eigenvalue weighted by Gasteiger charge is 2.21. The molecule has 0 aliphatic heterocycles. The molecular formula is C18H16N2O6S. The molecule has 0 aromatic heterocycles. The number of rotatable bonds is 6. The fourth-order valence-electron chi connectivity index (χ4n) is 2.30. The minimum Gasteiger partial charge on any atom is -0.478 e. The molecule has 0 fully saturated rings. The Morgan fingerprint density at radius 2 is 1.44 bits per heavy atom. The summed E-state index contributed by atoms with van der Waals surface area (Å²) in [7, 11) is 0. The van der Waals surface area contributed by atoms with Crippen LogP contribution in [-0.2, 0) is 9.59 Å². The molecule has 9 heteroatoms. The Balaban J connectivity index is 2.65. The van der Waals surface area contributed by atoms with Crippen molar-refractivity contribution < 1.29 is 29.4 Å². The van der Waals surface area contributed by atoms with Crippen molar-refractivity contribution in [2.45, 2.75) is 23.6 Å². The molecule has 0 atom stereocenters. The second-order valence-electron chi connectivity index (χ2n) is 5.47. The van der Waals surface area contributed by atoms with Crippen LogP contribution in [0.4, 0.5) is 11.4 Å². The average molecular weight is 388 g/mol. The number of carboxylic acid groups (broad SMARTS) is 2. The molecule has 0 radical (unpaired) electrons. The van der Waals surface area contributed by atoms with Gasteiger partial charge in [-0.15, -0.1) is 0 Å². The molecule has 27 heavy (non-hydrogen) atoms. The number of benzene rings is 2. The average Bonchev–Trinajstić information content (AvgIpc) is 2.55. The Morgan fingerprint density at radius 1 is 0.852 bits per heavy atom. The van der Waals surface area contributed by atoms with Crippen molar-refractivity contribution in [3.63, 3.8) is 0 Å². The van der Waals surface area contributed by atoms with Gasteiger partial charge in [-0.05, 0) is 24.3 Å². The summed E-state index contributed by atoms with van der Waals surface area (Å²) < 4.78 is 0. The number of carbonyl (C=O) groups is 4. The molecule has 2 aromatic carbocycles. The van der Waals surface area contributed by atoms with Gasteiger partial charge in [0.1, 0.15) is 0 Å². The summed E-state index contributed by atoms with van der Waals surface area (Å²) in [5.41, 5.74) is 0.157. The van der Waals surface area contributed by atoms with Crippen molar-refractivity contribution in [3.05, 3.63) is 47.5 Å². The maximum absolute atomic E-state index is 11.8. The Kier molecular flexibility index (Phi) is 6.19. The van der Waals surface area contributed by atoms with E-state index in [-0.39, 0.29) is 27.4 Å². The van der Waals surface area contributed by atoms with Crippen molar-refractivity contribution >= 4 is 46.9 Å². The predicted molar refractivity (Wildman–Crippen MR) is 99.5 cm³/mol. The highest BCUT2D eigenvalue weighted by atomic mass is 32.2. The van der Waals surface area contributed by atoms with Gasteiger partial charge >= 0.3 is 11.9 Å². The van der Waals surface area contributed by atoms with Crippen LogP contribution in [0.1, 0.15) is 34.6 Å². The molecule has 2 rings (SSSR count). The van der Waals surface area contributed by atoms with Gasteiger partial charge in [0.05, 0.1) is 21.7 Å². The molecule has 0 saturated carbocycles. The lowest BCUT2D eigenvalue weighted by atomic mass is 10.1. The van der Waals surface area contributed by atoms with Gasteiger partial charge in [-0.1, -0.05) is 23.9 Å². The van der Waals surface area contributed by atoms with Crippen molar-refractivity contribution in [2.75, 3.05) is 10.6 Å². The van der Waals surface area contributed by atoms with E-state index < -0.39 is 23.8 Å². The van der Waals surface area contributed by atoms with E-state index in [2.05, 4.69) is 10.6 Å². The van der Waals surface area contributed by atoms with E-state index in [0.717, 1.165) is 11.8 Å². The van der Waals surface area contributed by atoms with E-state index in [1.54, 1.807) is 18.2 Å². The third kappa shape index (κ3) is 5.08. The summed E-state index contributed by atoms with van der Waals surface area (Å²) in [6, 6.07) is 8.79. The van der Waals surface area contributed by atoms with Crippen LogP contribution in [0.2, 0.25) is 0 Å². The maximum atomic E-state index is 11.8. The first-order chi connectivity index (χ1) is 12.7. The van der Waals surface area contributed by atoms with Crippen LogP contribution in [0.15, 0.2) is 46.2 Å². The zero-order chi connectivity index (χ0) is 20.1. The molecule has 0 bridgehead atoms. The number of aromatic carboxylic acids is 2. The van der Waals surface area contributed by atoms with E-state index in [1.165, 1.54) is 32.0 Å². The molecule has 8 nitrogen and oxygen atoms in total. The summed E-state index contributed by atoms with van der Waals surface area (Å²) in [5, 5.41) is 23.9. The zero-order valence-electron chi connectivity index (χ0n) is 14.4. The van der Waals surface area contributed by atoms with Gasteiger partial charge in [0, 0.05) is 24.4 Å². The third-order valence-electron chi connectivity index (χ3n) is 3.28. The summed E-state index contributed by atoms with van der Waals surface area (Å²) in [6.07, 6.45) is 0. The van der Waals surface area contributed by atoms with Gasteiger partial charge in [-0.2, -0.15) is 0 Å².